The van der Waals surface area contributed by atoms with Crippen molar-refractivity contribution < 1.29 is 9.21 Å². The summed E-state index contributed by atoms with van der Waals surface area (Å²) in [6.45, 7) is 6.96. The molecule has 1 amide bonds. The minimum absolute atomic E-state index is 0.00649. The molecule has 1 saturated heterocycles. The summed E-state index contributed by atoms with van der Waals surface area (Å²) in [5, 5.41) is 0. The SMILES string of the molecule is C=CC(=O)N1CCC(c2nc(-c3ccccc3)c(C)o2)CC1. The molecular weight excluding hydrogens is 276 g/mol. The molecule has 0 atom stereocenters. The van der Waals surface area contributed by atoms with E-state index in [2.05, 4.69) is 6.58 Å². The van der Waals surface area contributed by atoms with Crippen LogP contribution in [0.4, 0.5) is 0 Å². The first-order chi connectivity index (χ1) is 10.7. The van der Waals surface area contributed by atoms with Gasteiger partial charge in [-0.05, 0) is 25.8 Å². The van der Waals surface area contributed by atoms with Gasteiger partial charge in [0.05, 0.1) is 0 Å². The van der Waals surface area contributed by atoms with Crippen LogP contribution in [0, 0.1) is 6.92 Å². The van der Waals surface area contributed by atoms with Crippen LogP contribution >= 0.6 is 0 Å². The third-order valence-corrected chi connectivity index (χ3v) is 4.19. The lowest BCUT2D eigenvalue weighted by molar-refractivity contribution is -0.127. The summed E-state index contributed by atoms with van der Waals surface area (Å²) in [7, 11) is 0. The molecule has 114 valence electrons. The van der Waals surface area contributed by atoms with Crippen LogP contribution in [-0.4, -0.2) is 28.9 Å². The topological polar surface area (TPSA) is 46.3 Å². The lowest BCUT2D eigenvalue weighted by Gasteiger charge is -2.29. The van der Waals surface area contributed by atoms with Gasteiger partial charge < -0.3 is 9.32 Å². The number of amides is 1. The summed E-state index contributed by atoms with van der Waals surface area (Å²) in [5.74, 6) is 1.94. The van der Waals surface area contributed by atoms with Crippen LogP contribution in [0.25, 0.3) is 11.3 Å². The molecule has 0 aliphatic carbocycles. The molecule has 1 aromatic carbocycles. The smallest absolute Gasteiger partial charge is 0.245 e. The zero-order valence-electron chi connectivity index (χ0n) is 12.8. The predicted molar refractivity (Wildman–Crippen MR) is 85.4 cm³/mol. The minimum Gasteiger partial charge on any atom is -0.445 e. The number of benzene rings is 1. The molecule has 4 heteroatoms. The third-order valence-electron chi connectivity index (χ3n) is 4.19. The van der Waals surface area contributed by atoms with Gasteiger partial charge in [-0.1, -0.05) is 36.9 Å². The Morgan fingerprint density at radius 1 is 1.32 bits per heavy atom. The maximum Gasteiger partial charge on any atom is 0.245 e. The summed E-state index contributed by atoms with van der Waals surface area (Å²) in [6.07, 6.45) is 3.14. The largest absolute Gasteiger partial charge is 0.445 e. The Morgan fingerprint density at radius 3 is 2.64 bits per heavy atom. The van der Waals surface area contributed by atoms with Gasteiger partial charge in [0.25, 0.3) is 0 Å². The van der Waals surface area contributed by atoms with Crippen LogP contribution in [0.15, 0.2) is 47.4 Å². The van der Waals surface area contributed by atoms with Crippen LogP contribution in [0.3, 0.4) is 0 Å². The van der Waals surface area contributed by atoms with Crippen LogP contribution in [-0.2, 0) is 4.79 Å². The van der Waals surface area contributed by atoms with Gasteiger partial charge in [-0.2, -0.15) is 0 Å². The van der Waals surface area contributed by atoms with E-state index in [1.54, 1.807) is 0 Å². The number of aryl methyl sites for hydroxylation is 1. The Balaban J connectivity index is 1.75. The van der Waals surface area contributed by atoms with E-state index < -0.39 is 0 Å². The Hall–Kier alpha value is -2.36. The summed E-state index contributed by atoms with van der Waals surface area (Å²) < 4.78 is 5.90. The molecule has 2 heterocycles. The summed E-state index contributed by atoms with van der Waals surface area (Å²) in [4.78, 5) is 18.2. The number of piperidine rings is 1. The minimum atomic E-state index is 0.00649. The second kappa shape index (κ2) is 6.18. The van der Waals surface area contributed by atoms with E-state index in [4.69, 9.17) is 9.40 Å². The zero-order valence-corrected chi connectivity index (χ0v) is 12.8. The van der Waals surface area contributed by atoms with Crippen LogP contribution in [0.1, 0.15) is 30.4 Å². The van der Waals surface area contributed by atoms with Crippen molar-refractivity contribution in [3.63, 3.8) is 0 Å². The van der Waals surface area contributed by atoms with Crippen LogP contribution in [0.2, 0.25) is 0 Å². The summed E-state index contributed by atoms with van der Waals surface area (Å²) >= 11 is 0. The molecule has 22 heavy (non-hydrogen) atoms. The predicted octanol–water partition coefficient (Wildman–Crippen LogP) is 3.54. The van der Waals surface area contributed by atoms with Gasteiger partial charge >= 0.3 is 0 Å². The Bertz CT molecular complexity index is 668. The fraction of sp³-hybridized carbons (Fsp3) is 0.333. The first-order valence-corrected chi connectivity index (χ1v) is 7.63. The van der Waals surface area contributed by atoms with Gasteiger partial charge in [0.1, 0.15) is 11.5 Å². The highest BCUT2D eigenvalue weighted by Gasteiger charge is 2.26. The van der Waals surface area contributed by atoms with E-state index >= 15 is 0 Å². The Kier molecular flexibility index (Phi) is 4.09. The maximum absolute atomic E-state index is 11.6. The zero-order chi connectivity index (χ0) is 15.5. The maximum atomic E-state index is 11.6. The number of aromatic nitrogens is 1. The van der Waals surface area contributed by atoms with Crippen LogP contribution in [0.5, 0.6) is 0 Å². The molecule has 0 saturated carbocycles. The standard InChI is InChI=1S/C18H20N2O2/c1-3-16(21)20-11-9-15(10-12-20)18-19-17(13(2)22-18)14-7-5-4-6-8-14/h3-8,15H,1,9-12H2,2H3. The highest BCUT2D eigenvalue weighted by molar-refractivity contribution is 5.87. The summed E-state index contributed by atoms with van der Waals surface area (Å²) in [6, 6.07) is 10.1. The van der Waals surface area contributed by atoms with Crippen molar-refractivity contribution in [2.45, 2.75) is 25.7 Å². The van der Waals surface area contributed by atoms with Crippen molar-refractivity contribution in [2.24, 2.45) is 0 Å². The molecule has 1 aromatic heterocycles. The fourth-order valence-electron chi connectivity index (χ4n) is 2.93. The van der Waals surface area contributed by atoms with Gasteiger partial charge in [0.2, 0.25) is 5.91 Å². The number of carbonyl (C=O) groups excluding carboxylic acids is 1. The second-order valence-corrected chi connectivity index (χ2v) is 5.63. The van der Waals surface area contributed by atoms with Gasteiger partial charge in [-0.15, -0.1) is 0 Å². The van der Waals surface area contributed by atoms with E-state index in [0.29, 0.717) is 0 Å². The first-order valence-electron chi connectivity index (χ1n) is 7.63. The van der Waals surface area contributed by atoms with E-state index in [1.165, 1.54) is 6.08 Å². The molecule has 0 N–H and O–H groups in total. The molecule has 1 aliphatic heterocycles. The van der Waals surface area contributed by atoms with Gasteiger partial charge in [0, 0.05) is 24.6 Å². The van der Waals surface area contributed by atoms with E-state index in [9.17, 15) is 4.79 Å². The van der Waals surface area contributed by atoms with E-state index in [-0.39, 0.29) is 11.8 Å². The molecular formula is C18H20N2O2. The lowest BCUT2D eigenvalue weighted by atomic mass is 9.96. The average Bonchev–Trinajstić information content (AvgIpc) is 2.97. The van der Waals surface area contributed by atoms with Gasteiger partial charge in [-0.25, -0.2) is 4.98 Å². The number of hydrogen-bond acceptors (Lipinski definition) is 3. The quantitative estimate of drug-likeness (QED) is 0.814. The Morgan fingerprint density at radius 2 is 2.00 bits per heavy atom. The van der Waals surface area contributed by atoms with Gasteiger partial charge in [0.15, 0.2) is 5.89 Å². The molecule has 1 aliphatic rings. The van der Waals surface area contributed by atoms with Gasteiger partial charge in [-0.3, -0.25) is 4.79 Å². The van der Waals surface area contributed by atoms with Crippen molar-refractivity contribution in [1.82, 2.24) is 9.88 Å². The fourth-order valence-corrected chi connectivity index (χ4v) is 2.93. The monoisotopic (exact) mass is 296 g/mol. The molecule has 2 aromatic rings. The molecule has 0 radical (unpaired) electrons. The molecule has 4 nitrogen and oxygen atoms in total. The number of likely N-dealkylation sites (tertiary alicyclic amines) is 1. The highest BCUT2D eigenvalue weighted by atomic mass is 16.4. The molecule has 3 rings (SSSR count). The number of hydrogen-bond donors (Lipinski definition) is 0. The van der Waals surface area contributed by atoms with E-state index in [1.807, 2.05) is 42.2 Å². The van der Waals surface area contributed by atoms with Crippen molar-refractivity contribution in [3.8, 4) is 11.3 Å². The number of carbonyl (C=O) groups is 1. The average molecular weight is 296 g/mol. The number of oxazole rings is 1. The Labute approximate surface area is 130 Å². The van der Waals surface area contributed by atoms with Crippen molar-refractivity contribution in [3.05, 3.63) is 54.6 Å². The highest BCUT2D eigenvalue weighted by Crippen LogP contribution is 2.32. The summed E-state index contributed by atoms with van der Waals surface area (Å²) in [5.41, 5.74) is 1.99. The van der Waals surface area contributed by atoms with E-state index in [0.717, 1.165) is 48.8 Å². The molecule has 0 bridgehead atoms. The molecule has 1 fully saturated rings. The third kappa shape index (κ3) is 2.82. The van der Waals surface area contributed by atoms with Crippen molar-refractivity contribution in [1.29, 1.82) is 0 Å². The number of rotatable bonds is 3. The van der Waals surface area contributed by atoms with Crippen molar-refractivity contribution >= 4 is 5.91 Å². The lowest BCUT2D eigenvalue weighted by Crippen LogP contribution is -2.36. The molecule has 0 spiro atoms. The first kappa shape index (κ1) is 14.6. The second-order valence-electron chi connectivity index (χ2n) is 5.63. The van der Waals surface area contributed by atoms with Crippen LogP contribution < -0.4 is 0 Å². The normalized spacial score (nSPS) is 15.8. The molecule has 0 unspecified atom stereocenters. The number of nitrogens with zero attached hydrogens (tertiary/aromatic N) is 2. The van der Waals surface area contributed by atoms with Crippen molar-refractivity contribution in [2.75, 3.05) is 13.1 Å².